The van der Waals surface area contributed by atoms with Crippen LogP contribution in [-0.4, -0.2) is 32.1 Å². The van der Waals surface area contributed by atoms with Crippen LogP contribution in [0.1, 0.15) is 25.3 Å². The summed E-state index contributed by atoms with van der Waals surface area (Å²) in [7, 11) is 1.56. The fourth-order valence-corrected chi connectivity index (χ4v) is 1.74. The van der Waals surface area contributed by atoms with E-state index in [-0.39, 0.29) is 5.78 Å². The summed E-state index contributed by atoms with van der Waals surface area (Å²) in [6, 6.07) is 5.46. The van der Waals surface area contributed by atoms with Crippen molar-refractivity contribution in [3.8, 4) is 11.5 Å². The van der Waals surface area contributed by atoms with Gasteiger partial charge in [0.2, 0.25) is 0 Å². The van der Waals surface area contributed by atoms with Crippen molar-refractivity contribution in [1.82, 2.24) is 0 Å². The first-order chi connectivity index (χ1) is 11.1. The minimum Gasteiger partial charge on any atom is -0.493 e. The lowest BCUT2D eigenvalue weighted by Crippen LogP contribution is -2.05. The zero-order valence-electron chi connectivity index (χ0n) is 13.5. The number of carbonyl (C=O) groups is 2. The fraction of sp³-hybridized carbons (Fsp3) is 0.333. The summed E-state index contributed by atoms with van der Waals surface area (Å²) in [5.41, 5.74) is 0.862. The Balaban J connectivity index is 2.46. The second-order valence-electron chi connectivity index (χ2n) is 4.78. The van der Waals surface area contributed by atoms with Gasteiger partial charge in [0.05, 0.1) is 20.3 Å². The van der Waals surface area contributed by atoms with Gasteiger partial charge in [-0.1, -0.05) is 18.7 Å². The van der Waals surface area contributed by atoms with Gasteiger partial charge in [0, 0.05) is 6.08 Å². The number of methoxy groups -OCH3 is 1. The lowest BCUT2D eigenvalue weighted by molar-refractivity contribution is -0.137. The van der Waals surface area contributed by atoms with E-state index in [1.807, 2.05) is 6.07 Å². The number of carbonyl (C=O) groups excluding carboxylic acids is 2. The Bertz CT molecular complexity index is 575. The van der Waals surface area contributed by atoms with Gasteiger partial charge in [0.25, 0.3) is 0 Å². The minimum atomic E-state index is -0.415. The molecule has 0 spiro atoms. The molecule has 0 radical (unpaired) electrons. The van der Waals surface area contributed by atoms with E-state index in [0.717, 1.165) is 18.1 Å². The molecule has 0 aliphatic carbocycles. The Hall–Kier alpha value is -2.56. The van der Waals surface area contributed by atoms with Crippen molar-refractivity contribution in [3.05, 3.63) is 42.5 Å². The standard InChI is InChI=1S/C18H22O5/c1-4-18(20)23-12-6-5-11-22-16-10-9-15(8-7-14(2)19)13-17(16)21-3/h4,7-10,13H,1,5-6,11-12H2,2-3H3/b8-7+. The van der Waals surface area contributed by atoms with E-state index in [1.165, 1.54) is 13.0 Å². The Kier molecular flexibility index (Phi) is 8.21. The second-order valence-corrected chi connectivity index (χ2v) is 4.78. The topological polar surface area (TPSA) is 61.8 Å². The number of allylic oxidation sites excluding steroid dienone is 1. The first-order valence-corrected chi connectivity index (χ1v) is 7.35. The maximum Gasteiger partial charge on any atom is 0.330 e. The fourth-order valence-electron chi connectivity index (χ4n) is 1.74. The molecule has 5 nitrogen and oxygen atoms in total. The summed E-state index contributed by atoms with van der Waals surface area (Å²) >= 11 is 0. The molecule has 0 aliphatic heterocycles. The molecule has 1 aromatic rings. The zero-order valence-corrected chi connectivity index (χ0v) is 13.5. The summed E-state index contributed by atoms with van der Waals surface area (Å²) < 4.78 is 15.8. The van der Waals surface area contributed by atoms with Gasteiger partial charge in [-0.05, 0) is 43.5 Å². The molecule has 0 aromatic heterocycles. The summed E-state index contributed by atoms with van der Waals surface area (Å²) in [4.78, 5) is 21.8. The van der Waals surface area contributed by atoms with Gasteiger partial charge in [-0.2, -0.15) is 0 Å². The first-order valence-electron chi connectivity index (χ1n) is 7.35. The third kappa shape index (κ3) is 7.31. The molecular formula is C18H22O5. The SMILES string of the molecule is C=CC(=O)OCCCCOc1ccc(/C=C/C(C)=O)cc1OC. The molecule has 0 saturated heterocycles. The van der Waals surface area contributed by atoms with Crippen LogP contribution in [0.4, 0.5) is 0 Å². The Labute approximate surface area is 136 Å². The van der Waals surface area contributed by atoms with Crippen molar-refractivity contribution >= 4 is 17.8 Å². The summed E-state index contributed by atoms with van der Waals surface area (Å²) in [5.74, 6) is 0.813. The number of ether oxygens (including phenoxy) is 3. The molecule has 23 heavy (non-hydrogen) atoms. The third-order valence-corrected chi connectivity index (χ3v) is 2.91. The van der Waals surface area contributed by atoms with Crippen molar-refractivity contribution < 1.29 is 23.8 Å². The zero-order chi connectivity index (χ0) is 17.1. The number of esters is 1. The highest BCUT2D eigenvalue weighted by Gasteiger charge is 2.05. The molecule has 124 valence electrons. The minimum absolute atomic E-state index is 0.0125. The van der Waals surface area contributed by atoms with Gasteiger partial charge in [-0.25, -0.2) is 4.79 Å². The summed E-state index contributed by atoms with van der Waals surface area (Å²) in [6.45, 7) is 5.66. The van der Waals surface area contributed by atoms with Crippen LogP contribution in [0.2, 0.25) is 0 Å². The van der Waals surface area contributed by atoms with Gasteiger partial charge in [0.15, 0.2) is 17.3 Å². The number of unbranched alkanes of at least 4 members (excludes halogenated alkanes) is 1. The number of hydrogen-bond donors (Lipinski definition) is 0. The van der Waals surface area contributed by atoms with E-state index in [1.54, 1.807) is 25.3 Å². The normalized spacial score (nSPS) is 10.3. The number of rotatable bonds is 10. The average molecular weight is 318 g/mol. The van der Waals surface area contributed by atoms with Crippen LogP contribution in [0, 0.1) is 0 Å². The molecule has 0 aliphatic rings. The second kappa shape index (κ2) is 10.2. The van der Waals surface area contributed by atoms with Gasteiger partial charge in [-0.3, -0.25) is 4.79 Å². The van der Waals surface area contributed by atoms with Gasteiger partial charge in [-0.15, -0.1) is 0 Å². The predicted octanol–water partition coefficient (Wildman–Crippen LogP) is 3.19. The van der Waals surface area contributed by atoms with Crippen molar-refractivity contribution in [2.45, 2.75) is 19.8 Å². The van der Waals surface area contributed by atoms with Crippen molar-refractivity contribution in [1.29, 1.82) is 0 Å². The summed E-state index contributed by atoms with van der Waals surface area (Å²) in [6.07, 6.45) is 5.83. The Morgan fingerprint density at radius 3 is 2.57 bits per heavy atom. The molecule has 1 rings (SSSR count). The molecule has 0 N–H and O–H groups in total. The number of ketones is 1. The van der Waals surface area contributed by atoms with Gasteiger partial charge < -0.3 is 14.2 Å². The molecule has 5 heteroatoms. The smallest absolute Gasteiger partial charge is 0.330 e. The quantitative estimate of drug-likeness (QED) is 0.377. The monoisotopic (exact) mass is 318 g/mol. The average Bonchev–Trinajstić information content (AvgIpc) is 2.56. The number of hydrogen-bond acceptors (Lipinski definition) is 5. The molecule has 0 unspecified atom stereocenters. The van der Waals surface area contributed by atoms with E-state index in [4.69, 9.17) is 14.2 Å². The molecule has 0 fully saturated rings. The largest absolute Gasteiger partial charge is 0.493 e. The van der Waals surface area contributed by atoms with Crippen LogP contribution < -0.4 is 9.47 Å². The lowest BCUT2D eigenvalue weighted by Gasteiger charge is -2.11. The van der Waals surface area contributed by atoms with Crippen molar-refractivity contribution in [3.63, 3.8) is 0 Å². The van der Waals surface area contributed by atoms with Crippen LogP contribution in [0.25, 0.3) is 6.08 Å². The van der Waals surface area contributed by atoms with Crippen molar-refractivity contribution in [2.75, 3.05) is 20.3 Å². The van der Waals surface area contributed by atoms with E-state index < -0.39 is 5.97 Å². The van der Waals surface area contributed by atoms with E-state index >= 15 is 0 Å². The highest BCUT2D eigenvalue weighted by molar-refractivity contribution is 5.91. The highest BCUT2D eigenvalue weighted by Crippen LogP contribution is 2.28. The van der Waals surface area contributed by atoms with Crippen molar-refractivity contribution in [2.24, 2.45) is 0 Å². The van der Waals surface area contributed by atoms with E-state index in [2.05, 4.69) is 6.58 Å². The maximum atomic E-state index is 10.9. The predicted molar refractivity (Wildman–Crippen MR) is 88.6 cm³/mol. The molecule has 0 amide bonds. The Morgan fingerprint density at radius 2 is 1.91 bits per heavy atom. The van der Waals surface area contributed by atoms with Crippen LogP contribution in [-0.2, 0) is 14.3 Å². The van der Waals surface area contributed by atoms with Crippen LogP contribution in [0.3, 0.4) is 0 Å². The third-order valence-electron chi connectivity index (χ3n) is 2.91. The van der Waals surface area contributed by atoms with E-state index in [9.17, 15) is 9.59 Å². The maximum absolute atomic E-state index is 10.9. The van der Waals surface area contributed by atoms with Crippen LogP contribution in [0.5, 0.6) is 11.5 Å². The first kappa shape index (κ1) is 18.5. The van der Waals surface area contributed by atoms with E-state index in [0.29, 0.717) is 31.1 Å². The molecular weight excluding hydrogens is 296 g/mol. The van der Waals surface area contributed by atoms with Crippen LogP contribution in [0.15, 0.2) is 36.9 Å². The highest BCUT2D eigenvalue weighted by atomic mass is 16.5. The molecule has 0 saturated carbocycles. The molecule has 0 bridgehead atoms. The Morgan fingerprint density at radius 1 is 1.17 bits per heavy atom. The number of benzene rings is 1. The molecule has 1 aromatic carbocycles. The molecule has 0 atom stereocenters. The summed E-state index contributed by atoms with van der Waals surface area (Å²) in [5, 5.41) is 0. The van der Waals surface area contributed by atoms with Gasteiger partial charge >= 0.3 is 5.97 Å². The van der Waals surface area contributed by atoms with Crippen LogP contribution >= 0.6 is 0 Å². The molecule has 0 heterocycles. The lowest BCUT2D eigenvalue weighted by atomic mass is 10.1. The van der Waals surface area contributed by atoms with Gasteiger partial charge in [0.1, 0.15) is 0 Å².